The second-order valence-electron chi connectivity index (χ2n) is 3.97. The van der Waals surface area contributed by atoms with Gasteiger partial charge in [-0.2, -0.15) is 5.10 Å². The molecule has 0 atom stereocenters. The fourth-order valence-corrected chi connectivity index (χ4v) is 4.52. The Labute approximate surface area is 150 Å². The molecule has 0 saturated heterocycles. The third kappa shape index (κ3) is 4.38. The molecule has 2 aromatic rings. The lowest BCUT2D eigenvalue weighted by molar-refractivity contribution is -0.120. The Morgan fingerprint density at radius 2 is 2.14 bits per heavy atom. The third-order valence-corrected chi connectivity index (χ3v) is 5.42. The van der Waals surface area contributed by atoms with Crippen LogP contribution in [0.25, 0.3) is 0 Å². The molecule has 0 fully saturated rings. The highest BCUT2D eigenvalue weighted by atomic mass is 79.9. The number of hydrogen-bond acceptors (Lipinski definition) is 4. The predicted molar refractivity (Wildman–Crippen MR) is 95.0 cm³/mol. The van der Waals surface area contributed by atoms with E-state index in [0.29, 0.717) is 20.9 Å². The van der Waals surface area contributed by atoms with Crippen molar-refractivity contribution in [1.82, 2.24) is 5.43 Å². The molecule has 4 nitrogen and oxygen atoms in total. The SMILES string of the molecule is O=C(Cc1cccs1)N/N=C/c1c(Br)cc(Br)c(O)c1Br. The minimum Gasteiger partial charge on any atom is -0.506 e. The molecule has 110 valence electrons. The first-order valence-electron chi connectivity index (χ1n) is 5.69. The number of amides is 1. The molecule has 8 heteroatoms. The molecule has 0 aliphatic carbocycles. The molecule has 1 heterocycles. The van der Waals surface area contributed by atoms with Crippen molar-refractivity contribution in [3.8, 4) is 5.75 Å². The van der Waals surface area contributed by atoms with Gasteiger partial charge < -0.3 is 5.11 Å². The number of carbonyl (C=O) groups excluding carboxylic acids is 1. The minimum absolute atomic E-state index is 0.0737. The van der Waals surface area contributed by atoms with E-state index in [1.54, 1.807) is 6.07 Å². The molecular weight excluding hydrogens is 488 g/mol. The van der Waals surface area contributed by atoms with Crippen LogP contribution in [0.15, 0.2) is 42.1 Å². The van der Waals surface area contributed by atoms with E-state index in [-0.39, 0.29) is 11.7 Å². The number of nitrogens with zero attached hydrogens (tertiary/aromatic N) is 1. The lowest BCUT2D eigenvalue weighted by atomic mass is 10.2. The number of benzene rings is 1. The zero-order valence-corrected chi connectivity index (χ0v) is 16.0. The molecular formula is C13H9Br3N2O2S. The second kappa shape index (κ2) is 7.53. The number of hydrogen-bond donors (Lipinski definition) is 2. The van der Waals surface area contributed by atoms with Gasteiger partial charge in [-0.3, -0.25) is 4.79 Å². The van der Waals surface area contributed by atoms with Gasteiger partial charge in [0.05, 0.1) is 21.6 Å². The number of phenols is 1. The van der Waals surface area contributed by atoms with Gasteiger partial charge in [-0.15, -0.1) is 11.3 Å². The lowest BCUT2D eigenvalue weighted by Crippen LogP contribution is -2.19. The average Bonchev–Trinajstić information content (AvgIpc) is 2.93. The normalized spacial score (nSPS) is 11.0. The average molecular weight is 497 g/mol. The third-order valence-electron chi connectivity index (χ3n) is 2.48. The van der Waals surface area contributed by atoms with E-state index in [1.807, 2.05) is 17.5 Å². The fourth-order valence-electron chi connectivity index (χ4n) is 1.49. The second-order valence-corrected chi connectivity index (χ2v) is 7.50. The number of phenolic OH excluding ortho intramolecular Hbond substituents is 1. The first-order valence-corrected chi connectivity index (χ1v) is 8.95. The summed E-state index contributed by atoms with van der Waals surface area (Å²) in [6.45, 7) is 0. The van der Waals surface area contributed by atoms with Crippen LogP contribution in [0.1, 0.15) is 10.4 Å². The van der Waals surface area contributed by atoms with Crippen molar-refractivity contribution in [3.63, 3.8) is 0 Å². The summed E-state index contributed by atoms with van der Waals surface area (Å²) in [7, 11) is 0. The van der Waals surface area contributed by atoms with E-state index in [4.69, 9.17) is 0 Å². The van der Waals surface area contributed by atoms with Gasteiger partial charge in [0.2, 0.25) is 5.91 Å². The van der Waals surface area contributed by atoms with Crippen LogP contribution in [0, 0.1) is 0 Å². The maximum absolute atomic E-state index is 11.7. The van der Waals surface area contributed by atoms with Gasteiger partial charge in [0.25, 0.3) is 0 Å². The van der Waals surface area contributed by atoms with E-state index in [0.717, 1.165) is 9.35 Å². The first kappa shape index (κ1) is 16.7. The summed E-state index contributed by atoms with van der Waals surface area (Å²) in [6.07, 6.45) is 1.76. The number of aromatic hydroxyl groups is 1. The minimum atomic E-state index is -0.192. The van der Waals surface area contributed by atoms with Crippen LogP contribution >= 0.6 is 59.1 Å². The van der Waals surface area contributed by atoms with Crippen LogP contribution in [-0.4, -0.2) is 17.2 Å². The number of hydrazone groups is 1. The molecule has 0 bridgehead atoms. The standard InChI is InChI=1S/C13H9Br3N2O2S/c14-9-5-10(15)13(20)12(16)8(9)6-17-18-11(19)4-7-2-1-3-21-7/h1-3,5-6,20H,4H2,(H,18,19)/b17-6+. The zero-order valence-electron chi connectivity index (χ0n) is 10.4. The summed E-state index contributed by atoms with van der Waals surface area (Å²) >= 11 is 11.4. The highest BCUT2D eigenvalue weighted by Gasteiger charge is 2.12. The molecule has 1 amide bonds. The Morgan fingerprint density at radius 1 is 1.38 bits per heavy atom. The van der Waals surface area contributed by atoms with Crippen molar-refractivity contribution in [2.24, 2.45) is 5.10 Å². The van der Waals surface area contributed by atoms with Crippen LogP contribution in [-0.2, 0) is 11.2 Å². The van der Waals surface area contributed by atoms with Gasteiger partial charge in [-0.05, 0) is 49.4 Å². The molecule has 0 aliphatic rings. The van der Waals surface area contributed by atoms with Crippen molar-refractivity contribution in [2.45, 2.75) is 6.42 Å². The smallest absolute Gasteiger partial charge is 0.245 e. The summed E-state index contributed by atoms with van der Waals surface area (Å²) in [5.74, 6) is -0.119. The predicted octanol–water partition coefficient (Wildman–Crippen LogP) is 4.43. The topological polar surface area (TPSA) is 61.7 Å². The maximum atomic E-state index is 11.7. The number of rotatable bonds is 4. The summed E-state index contributed by atoms with van der Waals surface area (Å²) in [6, 6.07) is 5.50. The van der Waals surface area contributed by atoms with Crippen LogP contribution in [0.4, 0.5) is 0 Å². The zero-order chi connectivity index (χ0) is 15.4. The summed E-state index contributed by atoms with van der Waals surface area (Å²) in [5, 5.41) is 15.7. The number of halogens is 3. The Kier molecular flexibility index (Phi) is 5.98. The van der Waals surface area contributed by atoms with Crippen molar-refractivity contribution in [2.75, 3.05) is 0 Å². The molecule has 2 N–H and O–H groups in total. The molecule has 0 radical (unpaired) electrons. The Bertz CT molecular complexity index is 687. The first-order chi connectivity index (χ1) is 9.99. The molecule has 0 unspecified atom stereocenters. The highest BCUT2D eigenvalue weighted by Crippen LogP contribution is 2.38. The van der Waals surface area contributed by atoms with E-state index in [9.17, 15) is 9.90 Å². The molecule has 0 spiro atoms. The van der Waals surface area contributed by atoms with E-state index in [2.05, 4.69) is 58.3 Å². The Balaban J connectivity index is 2.05. The molecule has 1 aromatic heterocycles. The number of nitrogens with one attached hydrogen (secondary N) is 1. The van der Waals surface area contributed by atoms with E-state index < -0.39 is 0 Å². The largest absolute Gasteiger partial charge is 0.506 e. The fraction of sp³-hybridized carbons (Fsp3) is 0.0769. The highest BCUT2D eigenvalue weighted by molar-refractivity contribution is 9.11. The van der Waals surface area contributed by atoms with Crippen LogP contribution < -0.4 is 5.43 Å². The Morgan fingerprint density at radius 3 is 2.81 bits per heavy atom. The monoisotopic (exact) mass is 494 g/mol. The Hall–Kier alpha value is -0.700. The molecule has 0 saturated carbocycles. The van der Waals surface area contributed by atoms with Gasteiger partial charge in [0, 0.05) is 14.9 Å². The van der Waals surface area contributed by atoms with E-state index in [1.165, 1.54) is 17.6 Å². The van der Waals surface area contributed by atoms with Gasteiger partial charge in [0.1, 0.15) is 5.75 Å². The summed E-state index contributed by atoms with van der Waals surface area (Å²) < 4.78 is 1.77. The van der Waals surface area contributed by atoms with Crippen LogP contribution in [0.2, 0.25) is 0 Å². The quantitative estimate of drug-likeness (QED) is 0.486. The molecule has 1 aromatic carbocycles. The van der Waals surface area contributed by atoms with Gasteiger partial charge in [-0.1, -0.05) is 22.0 Å². The number of thiophene rings is 1. The maximum Gasteiger partial charge on any atom is 0.245 e. The number of carbonyl (C=O) groups is 1. The van der Waals surface area contributed by atoms with Gasteiger partial charge in [0.15, 0.2) is 0 Å². The van der Waals surface area contributed by atoms with Crippen molar-refractivity contribution >= 4 is 71.2 Å². The molecule has 2 rings (SSSR count). The van der Waals surface area contributed by atoms with Crippen molar-refractivity contribution < 1.29 is 9.90 Å². The van der Waals surface area contributed by atoms with E-state index >= 15 is 0 Å². The van der Waals surface area contributed by atoms with Crippen molar-refractivity contribution in [3.05, 3.63) is 47.4 Å². The summed E-state index contributed by atoms with van der Waals surface area (Å²) in [5.41, 5.74) is 3.09. The van der Waals surface area contributed by atoms with Gasteiger partial charge >= 0.3 is 0 Å². The van der Waals surface area contributed by atoms with Gasteiger partial charge in [-0.25, -0.2) is 5.43 Å². The van der Waals surface area contributed by atoms with Crippen molar-refractivity contribution in [1.29, 1.82) is 0 Å². The lowest BCUT2D eigenvalue weighted by Gasteiger charge is -2.06. The van der Waals surface area contributed by atoms with Crippen LogP contribution in [0.3, 0.4) is 0 Å². The van der Waals surface area contributed by atoms with Crippen LogP contribution in [0.5, 0.6) is 5.75 Å². The summed E-state index contributed by atoms with van der Waals surface area (Å²) in [4.78, 5) is 12.7. The molecule has 21 heavy (non-hydrogen) atoms. The molecule has 0 aliphatic heterocycles.